The van der Waals surface area contributed by atoms with Crippen molar-refractivity contribution in [2.45, 2.75) is 12.8 Å². The molecule has 0 atom stereocenters. The molecule has 0 bridgehead atoms. The summed E-state index contributed by atoms with van der Waals surface area (Å²) in [7, 11) is 0. The summed E-state index contributed by atoms with van der Waals surface area (Å²) in [5, 5.41) is 17.7. The Bertz CT molecular complexity index is 205. The first-order valence-corrected chi connectivity index (χ1v) is 5.90. The predicted molar refractivity (Wildman–Crippen MR) is 53.0 cm³/mol. The Balaban J connectivity index is 3.27. The molecule has 0 saturated heterocycles. The molecule has 0 aromatic carbocycles. The summed E-state index contributed by atoms with van der Waals surface area (Å²) < 4.78 is 11.2. The van der Waals surface area contributed by atoms with Gasteiger partial charge in [-0.15, -0.1) is 20.2 Å². The van der Waals surface area contributed by atoms with Crippen LogP contribution < -0.4 is 0 Å². The first-order valence-electron chi connectivity index (χ1n) is 4.42. The fourth-order valence-electron chi connectivity index (χ4n) is 0.820. The highest BCUT2D eigenvalue weighted by atomic mass is 32.2. The van der Waals surface area contributed by atoms with Gasteiger partial charge in [-0.3, -0.25) is 0 Å². The van der Waals surface area contributed by atoms with Gasteiger partial charge in [-0.2, -0.15) is 0 Å². The van der Waals surface area contributed by atoms with Crippen LogP contribution in [-0.2, 0) is 20.9 Å². The van der Waals surface area contributed by atoms with Gasteiger partial charge in [0.2, 0.25) is 0 Å². The van der Waals surface area contributed by atoms with Crippen molar-refractivity contribution in [1.29, 1.82) is 0 Å². The van der Waals surface area contributed by atoms with Crippen molar-refractivity contribution in [3.8, 4) is 0 Å². The minimum absolute atomic E-state index is 0.0931. The normalized spacial score (nSPS) is 10.1. The molecule has 0 aliphatic carbocycles. The van der Waals surface area contributed by atoms with E-state index in [1.165, 1.54) is 0 Å². The van der Waals surface area contributed by atoms with Gasteiger partial charge < -0.3 is 14.2 Å². The van der Waals surface area contributed by atoms with Crippen LogP contribution in [0.15, 0.2) is 0 Å². The maximum absolute atomic E-state index is 11.2. The van der Waals surface area contributed by atoms with E-state index in [1.807, 2.05) is 0 Å². The lowest BCUT2D eigenvalue weighted by atomic mass is 10.5. The highest BCUT2D eigenvalue weighted by molar-refractivity contribution is 7.91. The molecule has 0 fully saturated rings. The lowest BCUT2D eigenvalue weighted by Crippen LogP contribution is -2.16. The average Bonchev–Trinajstić information content (AvgIpc) is 2.19. The third-order valence-corrected chi connectivity index (χ3v) is 2.91. The van der Waals surface area contributed by atoms with Crippen LogP contribution in [0.1, 0.15) is 12.8 Å². The van der Waals surface area contributed by atoms with Crippen LogP contribution >= 0.6 is 0 Å². The largest absolute Gasteiger partial charge is 0.616 e. The summed E-state index contributed by atoms with van der Waals surface area (Å²) in [4.78, 5) is 27.5. The zero-order chi connectivity index (χ0) is 12.4. The number of rotatable bonds is 10. The third-order valence-electron chi connectivity index (χ3n) is 1.43. The van der Waals surface area contributed by atoms with E-state index in [-0.39, 0.29) is 24.7 Å². The molecule has 0 aliphatic heterocycles. The van der Waals surface area contributed by atoms with E-state index >= 15 is 0 Å². The summed E-state index contributed by atoms with van der Waals surface area (Å²) in [5.41, 5.74) is 0. The molecule has 0 heterocycles. The highest BCUT2D eigenvalue weighted by Gasteiger charge is 2.07. The number of nitrogens with zero attached hydrogens (tertiary/aromatic N) is 2. The Morgan fingerprint density at radius 3 is 1.62 bits per heavy atom. The molecule has 0 amide bonds. The highest BCUT2D eigenvalue weighted by Crippen LogP contribution is 1.98. The molecule has 0 unspecified atom stereocenters. The molecule has 0 rings (SSSR count). The minimum atomic E-state index is -1.15. The van der Waals surface area contributed by atoms with Gasteiger partial charge in [0.15, 0.2) is 0 Å². The van der Waals surface area contributed by atoms with Crippen LogP contribution in [0.4, 0.5) is 0 Å². The second-order valence-corrected chi connectivity index (χ2v) is 4.36. The van der Waals surface area contributed by atoms with Crippen LogP contribution in [0.2, 0.25) is 0 Å². The van der Waals surface area contributed by atoms with Crippen molar-refractivity contribution in [3.05, 3.63) is 20.2 Å². The van der Waals surface area contributed by atoms with Gasteiger partial charge in [0, 0.05) is 12.8 Å². The molecule has 0 spiro atoms. The van der Waals surface area contributed by atoms with E-state index in [0.717, 1.165) is 0 Å². The lowest BCUT2D eigenvalue weighted by Gasteiger charge is -2.09. The first kappa shape index (κ1) is 14.7. The smallest absolute Gasteiger partial charge is 0.294 e. The first-order chi connectivity index (χ1) is 7.52. The molecule has 10 heteroatoms. The van der Waals surface area contributed by atoms with E-state index in [0.29, 0.717) is 12.8 Å². The fourth-order valence-corrected chi connectivity index (χ4v) is 1.90. The van der Waals surface area contributed by atoms with Crippen molar-refractivity contribution in [1.82, 2.24) is 0 Å². The third kappa shape index (κ3) is 10.8. The van der Waals surface area contributed by atoms with E-state index in [2.05, 4.69) is 9.68 Å². The quantitative estimate of drug-likeness (QED) is 0.231. The molecule has 0 aliphatic rings. The topological polar surface area (TPSA) is 128 Å². The second kappa shape index (κ2) is 8.97. The number of hydrogen-bond donors (Lipinski definition) is 0. The van der Waals surface area contributed by atoms with Crippen molar-refractivity contribution in [2.75, 3.05) is 24.7 Å². The Labute approximate surface area is 94.1 Å². The van der Waals surface area contributed by atoms with Crippen LogP contribution in [0.5, 0.6) is 0 Å². The standard InChI is InChI=1S/C6H12N2O7S/c9-7(10)14-3-1-5-16(13)6-2-4-15-8(11)12/h1-6H2. The van der Waals surface area contributed by atoms with Crippen LogP contribution in [-0.4, -0.2) is 39.4 Å². The van der Waals surface area contributed by atoms with E-state index in [9.17, 15) is 24.8 Å². The Morgan fingerprint density at radius 1 is 0.938 bits per heavy atom. The van der Waals surface area contributed by atoms with Crippen LogP contribution in [0, 0.1) is 20.2 Å². The molecule has 0 aromatic rings. The van der Waals surface area contributed by atoms with E-state index in [1.54, 1.807) is 0 Å². The second-order valence-electron chi connectivity index (χ2n) is 2.67. The van der Waals surface area contributed by atoms with Gasteiger partial charge in [-0.25, -0.2) is 0 Å². The van der Waals surface area contributed by atoms with Crippen molar-refractivity contribution < 1.29 is 24.4 Å². The van der Waals surface area contributed by atoms with Crippen LogP contribution in [0.25, 0.3) is 0 Å². The fraction of sp³-hybridized carbons (Fsp3) is 1.00. The molecule has 0 N–H and O–H groups in total. The SMILES string of the molecule is O=[N+]([O-])OCCC[S+]([O-])CCCO[N+](=O)[O-]. The zero-order valence-electron chi connectivity index (χ0n) is 8.40. The molecule has 9 nitrogen and oxygen atoms in total. The van der Waals surface area contributed by atoms with Crippen LogP contribution in [0.3, 0.4) is 0 Å². The molecular weight excluding hydrogens is 244 g/mol. The molecular formula is C6H12N2O7S. The van der Waals surface area contributed by atoms with Gasteiger partial charge in [0.1, 0.15) is 24.7 Å². The van der Waals surface area contributed by atoms with Gasteiger partial charge in [-0.1, -0.05) is 11.2 Å². The summed E-state index contributed by atoms with van der Waals surface area (Å²) in [5.74, 6) is 0.540. The minimum Gasteiger partial charge on any atom is -0.616 e. The lowest BCUT2D eigenvalue weighted by molar-refractivity contribution is -0.757. The zero-order valence-corrected chi connectivity index (χ0v) is 9.22. The van der Waals surface area contributed by atoms with Gasteiger partial charge >= 0.3 is 0 Å². The van der Waals surface area contributed by atoms with Gasteiger partial charge in [0.25, 0.3) is 10.2 Å². The Kier molecular flexibility index (Phi) is 8.25. The van der Waals surface area contributed by atoms with E-state index in [4.69, 9.17) is 0 Å². The van der Waals surface area contributed by atoms with Crippen molar-refractivity contribution >= 4 is 11.2 Å². The Morgan fingerprint density at radius 2 is 1.31 bits per heavy atom. The molecule has 94 valence electrons. The maximum atomic E-state index is 11.2. The van der Waals surface area contributed by atoms with Gasteiger partial charge in [0.05, 0.1) is 0 Å². The molecule has 0 saturated carbocycles. The monoisotopic (exact) mass is 256 g/mol. The number of hydrogen-bond acceptors (Lipinski definition) is 7. The summed E-state index contributed by atoms with van der Waals surface area (Å²) in [6, 6.07) is 0. The average molecular weight is 256 g/mol. The van der Waals surface area contributed by atoms with E-state index < -0.39 is 21.3 Å². The molecule has 0 aromatic heterocycles. The Hall–Kier alpha value is -1.29. The van der Waals surface area contributed by atoms with Gasteiger partial charge in [-0.05, 0) is 0 Å². The maximum Gasteiger partial charge on any atom is 0.294 e. The summed E-state index contributed by atoms with van der Waals surface area (Å²) in [6.07, 6.45) is 0.618. The van der Waals surface area contributed by atoms with Crippen molar-refractivity contribution in [3.63, 3.8) is 0 Å². The summed E-state index contributed by atoms with van der Waals surface area (Å²) >= 11 is -1.15. The summed E-state index contributed by atoms with van der Waals surface area (Å²) in [6.45, 7) is -0.186. The molecule has 16 heavy (non-hydrogen) atoms. The van der Waals surface area contributed by atoms with Crippen molar-refractivity contribution in [2.24, 2.45) is 0 Å². The molecule has 0 radical (unpaired) electrons. The predicted octanol–water partition coefficient (Wildman–Crippen LogP) is -0.0681.